The Labute approximate surface area is 114 Å². The lowest BCUT2D eigenvalue weighted by Gasteiger charge is -2.13. The number of aryl methyl sites for hydroxylation is 3. The first kappa shape index (κ1) is 13.2. The smallest absolute Gasteiger partial charge is 0.145 e. The monoisotopic (exact) mass is 251 g/mol. The Balaban J connectivity index is 2.47. The maximum atomic E-state index is 9.14. The maximum absolute atomic E-state index is 9.14. The van der Waals surface area contributed by atoms with Crippen molar-refractivity contribution in [1.29, 1.82) is 5.26 Å². The fraction of sp³-hybridized carbons (Fsp3) is 0.235. The van der Waals surface area contributed by atoms with Crippen molar-refractivity contribution in [2.45, 2.75) is 27.7 Å². The number of nitriles is 1. The van der Waals surface area contributed by atoms with Crippen LogP contribution < -0.4 is 4.74 Å². The third-order valence-electron chi connectivity index (χ3n) is 3.24. The highest BCUT2D eigenvalue weighted by Gasteiger charge is 2.09. The van der Waals surface area contributed by atoms with Gasteiger partial charge in [0.2, 0.25) is 0 Å². The van der Waals surface area contributed by atoms with Crippen LogP contribution in [0.2, 0.25) is 0 Å². The second-order valence-corrected chi connectivity index (χ2v) is 4.92. The Morgan fingerprint density at radius 3 is 2.26 bits per heavy atom. The molecule has 0 heterocycles. The first-order valence-electron chi connectivity index (χ1n) is 6.27. The predicted molar refractivity (Wildman–Crippen MR) is 76.6 cm³/mol. The number of hydrogen-bond acceptors (Lipinski definition) is 2. The summed E-state index contributed by atoms with van der Waals surface area (Å²) in [6.45, 7) is 8.13. The van der Waals surface area contributed by atoms with E-state index in [1.54, 1.807) is 6.07 Å². The Kier molecular flexibility index (Phi) is 3.57. The molecule has 2 aromatic carbocycles. The van der Waals surface area contributed by atoms with Crippen molar-refractivity contribution in [2.24, 2.45) is 0 Å². The van der Waals surface area contributed by atoms with Crippen LogP contribution in [0.1, 0.15) is 27.8 Å². The number of nitrogens with zero attached hydrogens (tertiary/aromatic N) is 1. The summed E-state index contributed by atoms with van der Waals surface area (Å²) in [6, 6.07) is 11.9. The molecule has 96 valence electrons. The molecule has 0 radical (unpaired) electrons. The van der Waals surface area contributed by atoms with Gasteiger partial charge in [-0.25, -0.2) is 0 Å². The lowest BCUT2D eigenvalue weighted by atomic mass is 10.1. The van der Waals surface area contributed by atoms with E-state index < -0.39 is 0 Å². The molecule has 0 saturated carbocycles. The van der Waals surface area contributed by atoms with Crippen LogP contribution in [0.25, 0.3) is 0 Å². The van der Waals surface area contributed by atoms with Crippen molar-refractivity contribution in [1.82, 2.24) is 0 Å². The van der Waals surface area contributed by atoms with Crippen LogP contribution in [0.5, 0.6) is 11.5 Å². The van der Waals surface area contributed by atoms with Gasteiger partial charge in [0.1, 0.15) is 17.6 Å². The molecule has 0 bridgehead atoms. The van der Waals surface area contributed by atoms with Gasteiger partial charge in [0.25, 0.3) is 0 Å². The zero-order valence-corrected chi connectivity index (χ0v) is 11.7. The van der Waals surface area contributed by atoms with E-state index in [2.05, 4.69) is 19.1 Å². The topological polar surface area (TPSA) is 33.0 Å². The molecule has 0 aromatic heterocycles. The molecular weight excluding hydrogens is 234 g/mol. The van der Waals surface area contributed by atoms with E-state index in [0.717, 1.165) is 22.4 Å². The molecule has 0 saturated heterocycles. The average molecular weight is 251 g/mol. The Hall–Kier alpha value is -2.27. The summed E-state index contributed by atoms with van der Waals surface area (Å²) in [4.78, 5) is 0. The number of benzene rings is 2. The number of rotatable bonds is 2. The fourth-order valence-electron chi connectivity index (χ4n) is 2.03. The zero-order valence-electron chi connectivity index (χ0n) is 11.7. The molecule has 2 heteroatoms. The van der Waals surface area contributed by atoms with Crippen LogP contribution in [-0.4, -0.2) is 0 Å². The van der Waals surface area contributed by atoms with Crippen LogP contribution >= 0.6 is 0 Å². The van der Waals surface area contributed by atoms with E-state index in [4.69, 9.17) is 10.00 Å². The lowest BCUT2D eigenvalue weighted by Crippen LogP contribution is -1.94. The van der Waals surface area contributed by atoms with Crippen molar-refractivity contribution >= 4 is 0 Å². The summed E-state index contributed by atoms with van der Waals surface area (Å²) in [5.74, 6) is 1.44. The van der Waals surface area contributed by atoms with Crippen LogP contribution in [0, 0.1) is 39.0 Å². The molecule has 0 spiro atoms. The minimum Gasteiger partial charge on any atom is -0.456 e. The highest BCUT2D eigenvalue weighted by atomic mass is 16.5. The fourth-order valence-corrected chi connectivity index (χ4v) is 2.03. The Bertz CT molecular complexity index is 666. The second kappa shape index (κ2) is 5.16. The van der Waals surface area contributed by atoms with Gasteiger partial charge in [-0.2, -0.15) is 5.26 Å². The first-order chi connectivity index (χ1) is 9.01. The van der Waals surface area contributed by atoms with Gasteiger partial charge in [0, 0.05) is 0 Å². The van der Waals surface area contributed by atoms with Crippen LogP contribution in [0.3, 0.4) is 0 Å². The normalized spacial score (nSPS) is 10.1. The Morgan fingerprint density at radius 2 is 1.58 bits per heavy atom. The summed E-state index contributed by atoms with van der Waals surface area (Å²) >= 11 is 0. The van der Waals surface area contributed by atoms with Gasteiger partial charge in [0.15, 0.2) is 0 Å². The largest absolute Gasteiger partial charge is 0.456 e. The van der Waals surface area contributed by atoms with Crippen molar-refractivity contribution in [2.75, 3.05) is 0 Å². The van der Waals surface area contributed by atoms with Crippen molar-refractivity contribution in [3.63, 3.8) is 0 Å². The molecule has 0 atom stereocenters. The molecule has 2 aromatic rings. The summed E-state index contributed by atoms with van der Waals surface area (Å²) in [5, 5.41) is 9.14. The molecule has 0 aliphatic carbocycles. The third kappa shape index (κ3) is 2.77. The zero-order chi connectivity index (χ0) is 14.0. The van der Waals surface area contributed by atoms with Gasteiger partial charge in [-0.15, -0.1) is 0 Å². The van der Waals surface area contributed by atoms with Crippen LogP contribution in [0.15, 0.2) is 30.3 Å². The van der Waals surface area contributed by atoms with E-state index in [1.807, 2.05) is 39.0 Å². The minimum absolute atomic E-state index is 0.559. The highest BCUT2D eigenvalue weighted by molar-refractivity contribution is 5.50. The van der Waals surface area contributed by atoms with Gasteiger partial charge < -0.3 is 4.74 Å². The molecule has 0 aliphatic rings. The standard InChI is InChI=1S/C17H17NO/c1-11-5-6-15(10-18)17(8-11)19-16-9-12(2)7-13(3)14(16)4/h5-9H,1-4H3. The third-order valence-corrected chi connectivity index (χ3v) is 3.24. The molecule has 19 heavy (non-hydrogen) atoms. The maximum Gasteiger partial charge on any atom is 0.145 e. The van der Waals surface area contributed by atoms with Gasteiger partial charge in [0.05, 0.1) is 5.56 Å². The van der Waals surface area contributed by atoms with Crippen molar-refractivity contribution < 1.29 is 4.74 Å². The summed E-state index contributed by atoms with van der Waals surface area (Å²) in [5.41, 5.74) is 5.10. The predicted octanol–water partition coefficient (Wildman–Crippen LogP) is 4.58. The van der Waals surface area contributed by atoms with Crippen LogP contribution in [0.4, 0.5) is 0 Å². The van der Waals surface area contributed by atoms with Crippen LogP contribution in [-0.2, 0) is 0 Å². The van der Waals surface area contributed by atoms with E-state index in [0.29, 0.717) is 11.3 Å². The summed E-state index contributed by atoms with van der Waals surface area (Å²) in [7, 11) is 0. The summed E-state index contributed by atoms with van der Waals surface area (Å²) < 4.78 is 5.95. The number of hydrogen-bond donors (Lipinski definition) is 0. The molecule has 0 aliphatic heterocycles. The van der Waals surface area contributed by atoms with E-state index in [1.165, 1.54) is 5.56 Å². The van der Waals surface area contributed by atoms with Gasteiger partial charge in [-0.3, -0.25) is 0 Å². The minimum atomic E-state index is 0.559. The van der Waals surface area contributed by atoms with E-state index in [-0.39, 0.29) is 0 Å². The van der Waals surface area contributed by atoms with E-state index in [9.17, 15) is 0 Å². The molecular formula is C17H17NO. The van der Waals surface area contributed by atoms with Crippen molar-refractivity contribution in [3.05, 3.63) is 58.1 Å². The second-order valence-electron chi connectivity index (χ2n) is 4.92. The highest BCUT2D eigenvalue weighted by Crippen LogP contribution is 2.30. The first-order valence-corrected chi connectivity index (χ1v) is 6.27. The molecule has 2 nitrogen and oxygen atoms in total. The molecule has 0 unspecified atom stereocenters. The molecule has 2 rings (SSSR count). The van der Waals surface area contributed by atoms with Crippen molar-refractivity contribution in [3.8, 4) is 17.6 Å². The quantitative estimate of drug-likeness (QED) is 0.782. The van der Waals surface area contributed by atoms with E-state index >= 15 is 0 Å². The lowest BCUT2D eigenvalue weighted by molar-refractivity contribution is 0.476. The number of ether oxygens (including phenoxy) is 1. The molecule has 0 fully saturated rings. The molecule has 0 amide bonds. The average Bonchev–Trinajstić information content (AvgIpc) is 2.35. The summed E-state index contributed by atoms with van der Waals surface area (Å²) in [6.07, 6.45) is 0. The molecule has 0 N–H and O–H groups in total. The van der Waals surface area contributed by atoms with Gasteiger partial charge in [-0.05, 0) is 68.1 Å². The van der Waals surface area contributed by atoms with Gasteiger partial charge in [-0.1, -0.05) is 12.1 Å². The Morgan fingerprint density at radius 1 is 0.895 bits per heavy atom. The SMILES string of the molecule is Cc1ccc(C#N)c(Oc2cc(C)cc(C)c2C)c1. The van der Waals surface area contributed by atoms with Gasteiger partial charge >= 0.3 is 0 Å².